The van der Waals surface area contributed by atoms with E-state index >= 15 is 0 Å². The molecule has 0 rings (SSSR count). The first-order chi connectivity index (χ1) is 10.2. The fourth-order valence-corrected chi connectivity index (χ4v) is 2.29. The molecule has 0 aliphatic carbocycles. The molecule has 0 spiro atoms. The van der Waals surface area contributed by atoms with Crippen molar-refractivity contribution in [1.29, 1.82) is 0 Å². The number of carbonyl (C=O) groups excluding carboxylic acids is 2. The zero-order chi connectivity index (χ0) is 15.8. The van der Waals surface area contributed by atoms with Gasteiger partial charge >= 0.3 is 41.5 Å². The molecule has 5 heteroatoms. The van der Waals surface area contributed by atoms with Gasteiger partial charge < -0.3 is 10.1 Å². The molecule has 0 unspecified atom stereocenters. The molecule has 0 aromatic heterocycles. The van der Waals surface area contributed by atoms with Gasteiger partial charge in [-0.05, 0) is 13.5 Å². The van der Waals surface area contributed by atoms with Crippen LogP contribution in [-0.2, 0) is 14.3 Å². The summed E-state index contributed by atoms with van der Waals surface area (Å²) in [7, 11) is 1.65. The summed E-state index contributed by atoms with van der Waals surface area (Å²) in [6.07, 6.45) is 14.1. The average molecular weight is 322 g/mol. The molecule has 0 saturated carbocycles. The maximum atomic E-state index is 11.3. The van der Waals surface area contributed by atoms with Crippen molar-refractivity contribution in [3.05, 3.63) is 0 Å². The second kappa shape index (κ2) is 19.1. The van der Waals surface area contributed by atoms with Crippen LogP contribution in [0.25, 0.3) is 0 Å². The van der Waals surface area contributed by atoms with E-state index in [1.54, 1.807) is 7.05 Å². The Hall–Kier alpha value is 0.1000. The van der Waals surface area contributed by atoms with Gasteiger partial charge in [0.15, 0.2) is 0 Å². The van der Waals surface area contributed by atoms with Crippen LogP contribution >= 0.6 is 0 Å². The SMILES string of the molecule is CCCCCCCCCCCCCC(=O)OC(=O)CNC.[Na+]. The van der Waals surface area contributed by atoms with Gasteiger partial charge in [0.1, 0.15) is 0 Å². The minimum atomic E-state index is -0.495. The minimum absolute atomic E-state index is 0. The Morgan fingerprint density at radius 1 is 0.773 bits per heavy atom. The molecular formula is C17H33NNaO3+. The Kier molecular flexibility index (Phi) is 21.2. The van der Waals surface area contributed by atoms with E-state index in [9.17, 15) is 9.59 Å². The van der Waals surface area contributed by atoms with Crippen molar-refractivity contribution in [2.75, 3.05) is 13.6 Å². The van der Waals surface area contributed by atoms with Crippen LogP contribution in [0.5, 0.6) is 0 Å². The van der Waals surface area contributed by atoms with E-state index in [1.807, 2.05) is 0 Å². The summed E-state index contributed by atoms with van der Waals surface area (Å²) in [6.45, 7) is 2.33. The summed E-state index contributed by atoms with van der Waals surface area (Å²) in [6, 6.07) is 0. The van der Waals surface area contributed by atoms with E-state index in [0.717, 1.165) is 12.8 Å². The summed E-state index contributed by atoms with van der Waals surface area (Å²) in [5, 5.41) is 2.66. The van der Waals surface area contributed by atoms with Gasteiger partial charge in [-0.25, -0.2) is 0 Å². The number of rotatable bonds is 14. The van der Waals surface area contributed by atoms with Crippen LogP contribution in [-0.4, -0.2) is 25.5 Å². The van der Waals surface area contributed by atoms with Gasteiger partial charge in [-0.3, -0.25) is 9.59 Å². The molecule has 0 amide bonds. The van der Waals surface area contributed by atoms with E-state index in [-0.39, 0.29) is 36.1 Å². The zero-order valence-corrected chi connectivity index (χ0v) is 16.9. The Morgan fingerprint density at radius 3 is 1.68 bits per heavy atom. The first-order valence-electron chi connectivity index (χ1n) is 8.58. The minimum Gasteiger partial charge on any atom is -0.392 e. The van der Waals surface area contributed by atoms with Crippen molar-refractivity contribution in [1.82, 2.24) is 5.32 Å². The summed E-state index contributed by atoms with van der Waals surface area (Å²) in [4.78, 5) is 22.4. The van der Waals surface area contributed by atoms with Crippen molar-refractivity contribution >= 4 is 11.9 Å². The van der Waals surface area contributed by atoms with Gasteiger partial charge in [0, 0.05) is 6.42 Å². The van der Waals surface area contributed by atoms with Crippen molar-refractivity contribution < 1.29 is 43.9 Å². The molecule has 0 saturated heterocycles. The third kappa shape index (κ3) is 18.1. The first kappa shape index (κ1) is 24.4. The van der Waals surface area contributed by atoms with Crippen LogP contribution in [0.2, 0.25) is 0 Å². The van der Waals surface area contributed by atoms with Crippen LogP contribution < -0.4 is 34.9 Å². The summed E-state index contributed by atoms with van der Waals surface area (Å²) in [5.74, 6) is -0.892. The van der Waals surface area contributed by atoms with E-state index in [4.69, 9.17) is 0 Å². The number of hydrogen-bond acceptors (Lipinski definition) is 4. The Labute approximate surface area is 158 Å². The molecule has 0 bridgehead atoms. The molecular weight excluding hydrogens is 289 g/mol. The number of unbranched alkanes of at least 4 members (excludes halogenated alkanes) is 10. The van der Waals surface area contributed by atoms with E-state index < -0.39 is 11.9 Å². The number of ether oxygens (including phenoxy) is 1. The van der Waals surface area contributed by atoms with Crippen LogP contribution in [0.15, 0.2) is 0 Å². The number of hydrogen-bond donors (Lipinski definition) is 1. The summed E-state index contributed by atoms with van der Waals surface area (Å²) >= 11 is 0. The molecule has 0 heterocycles. The van der Waals surface area contributed by atoms with E-state index in [0.29, 0.717) is 6.42 Å². The predicted molar refractivity (Wildman–Crippen MR) is 86.1 cm³/mol. The van der Waals surface area contributed by atoms with E-state index in [1.165, 1.54) is 57.8 Å². The zero-order valence-electron chi connectivity index (χ0n) is 14.9. The monoisotopic (exact) mass is 322 g/mol. The maximum Gasteiger partial charge on any atom is 1.00 e. The van der Waals surface area contributed by atoms with Gasteiger partial charge in [-0.2, -0.15) is 0 Å². The molecule has 0 fully saturated rings. The number of likely N-dealkylation sites (N-methyl/N-ethyl adjacent to an activating group) is 1. The van der Waals surface area contributed by atoms with Crippen molar-refractivity contribution in [3.63, 3.8) is 0 Å². The van der Waals surface area contributed by atoms with Gasteiger partial charge in [0.25, 0.3) is 0 Å². The molecule has 1 N–H and O–H groups in total. The normalized spacial score (nSPS) is 10.1. The largest absolute Gasteiger partial charge is 1.00 e. The molecule has 22 heavy (non-hydrogen) atoms. The van der Waals surface area contributed by atoms with Crippen LogP contribution in [0, 0.1) is 0 Å². The molecule has 4 nitrogen and oxygen atoms in total. The number of esters is 2. The standard InChI is InChI=1S/C17H33NO3.Na/c1-3-4-5-6-7-8-9-10-11-12-13-14-16(19)21-17(20)15-18-2;/h18H,3-15H2,1-2H3;/q;+1. The average Bonchev–Trinajstić information content (AvgIpc) is 2.45. The Bertz CT molecular complexity index is 273. The number of nitrogens with one attached hydrogen (secondary N) is 1. The van der Waals surface area contributed by atoms with Crippen LogP contribution in [0.4, 0.5) is 0 Å². The Morgan fingerprint density at radius 2 is 1.23 bits per heavy atom. The molecule has 0 aliphatic heterocycles. The maximum absolute atomic E-state index is 11.3. The van der Waals surface area contributed by atoms with Crippen molar-refractivity contribution in [2.45, 2.75) is 84.0 Å². The van der Waals surface area contributed by atoms with Crippen LogP contribution in [0.3, 0.4) is 0 Å². The first-order valence-corrected chi connectivity index (χ1v) is 8.58. The molecule has 0 atom stereocenters. The fraction of sp³-hybridized carbons (Fsp3) is 0.882. The van der Waals surface area contributed by atoms with E-state index in [2.05, 4.69) is 17.0 Å². The summed E-state index contributed by atoms with van der Waals surface area (Å²) < 4.78 is 4.64. The van der Waals surface area contributed by atoms with Gasteiger partial charge in [-0.1, -0.05) is 71.1 Å². The Balaban J connectivity index is 0. The second-order valence-corrected chi connectivity index (χ2v) is 5.66. The van der Waals surface area contributed by atoms with Crippen molar-refractivity contribution in [2.24, 2.45) is 0 Å². The quantitative estimate of drug-likeness (QED) is 0.224. The topological polar surface area (TPSA) is 55.4 Å². The van der Waals surface area contributed by atoms with Gasteiger partial charge in [0.05, 0.1) is 6.54 Å². The molecule has 0 radical (unpaired) electrons. The van der Waals surface area contributed by atoms with Gasteiger partial charge in [-0.15, -0.1) is 0 Å². The molecule has 124 valence electrons. The smallest absolute Gasteiger partial charge is 0.392 e. The number of carbonyl (C=O) groups is 2. The van der Waals surface area contributed by atoms with Crippen molar-refractivity contribution in [3.8, 4) is 0 Å². The third-order valence-electron chi connectivity index (χ3n) is 3.53. The molecule has 0 aliphatic rings. The van der Waals surface area contributed by atoms with Gasteiger partial charge in [0.2, 0.25) is 0 Å². The second-order valence-electron chi connectivity index (χ2n) is 5.66. The summed E-state index contributed by atoms with van der Waals surface area (Å²) in [5.41, 5.74) is 0. The molecule has 0 aromatic carbocycles. The van der Waals surface area contributed by atoms with Crippen LogP contribution in [0.1, 0.15) is 84.0 Å². The molecule has 0 aromatic rings. The third-order valence-corrected chi connectivity index (χ3v) is 3.53. The fourth-order valence-electron chi connectivity index (χ4n) is 2.29. The predicted octanol–water partition coefficient (Wildman–Crippen LogP) is 0.981.